The summed E-state index contributed by atoms with van der Waals surface area (Å²) >= 11 is 0. The molecule has 7 fully saturated rings. The number of hydrogen-bond donors (Lipinski definition) is 6. The first-order valence-electron chi connectivity index (χ1n) is 32.7. The van der Waals surface area contributed by atoms with Crippen LogP contribution in [0.25, 0.3) is 0 Å². The quantitative estimate of drug-likeness (QED) is 0.0230. The number of hydrogen-bond acceptors (Lipinski definition) is 8. The Balaban J connectivity index is 0.700. The van der Waals surface area contributed by atoms with E-state index in [9.17, 15) is 10.2 Å². The Hall–Kier alpha value is -0.880. The predicted molar refractivity (Wildman–Crippen MR) is 309 cm³/mol. The Bertz CT molecular complexity index is 1910. The fourth-order valence-corrected chi connectivity index (χ4v) is 21.7. The van der Waals surface area contributed by atoms with Crippen LogP contribution in [-0.4, -0.2) is 92.1 Å². The highest BCUT2D eigenvalue weighted by Crippen LogP contribution is 2.71. The number of rotatable bonds is 25. The molecule has 9 rings (SSSR count). The number of nitrogens with one attached hydrogen (secondary N) is 2. The van der Waals surface area contributed by atoms with Gasteiger partial charge in [0.2, 0.25) is 12.8 Å². The van der Waals surface area contributed by atoms with Crippen molar-refractivity contribution in [2.45, 2.75) is 241 Å². The van der Waals surface area contributed by atoms with Gasteiger partial charge in [-0.3, -0.25) is 10.6 Å². The molecule has 8 N–H and O–H groups in total. The highest BCUT2D eigenvalue weighted by atomic mass is 16.6. The largest absolute Gasteiger partial charge is 0.356 e. The molecule has 21 atom stereocenters. The maximum Gasteiger partial charge on any atom is 0.213 e. The fourth-order valence-electron chi connectivity index (χ4n) is 21.7. The molecule has 0 bridgehead atoms. The van der Waals surface area contributed by atoms with Crippen molar-refractivity contribution in [3.8, 4) is 0 Å². The van der Waals surface area contributed by atoms with Crippen molar-refractivity contribution >= 4 is 0 Å². The van der Waals surface area contributed by atoms with Crippen molar-refractivity contribution in [3.63, 3.8) is 0 Å². The van der Waals surface area contributed by atoms with Crippen LogP contribution in [0.5, 0.6) is 0 Å². The Morgan fingerprint density at radius 3 is 1.76 bits per heavy atom. The molecule has 9 aliphatic carbocycles. The average molecular weight is 1050 g/mol. The lowest BCUT2D eigenvalue weighted by molar-refractivity contribution is -0.927. The van der Waals surface area contributed by atoms with E-state index in [1.165, 1.54) is 109 Å². The van der Waals surface area contributed by atoms with Gasteiger partial charge in [-0.2, -0.15) is 0 Å². The average Bonchev–Trinajstić information content (AvgIpc) is 3.96. The molecular formula is C66H118N5O4+. The third-order valence-electron chi connectivity index (χ3n) is 25.6. The number of fused-ring (bicyclic) bond motifs is 12. The molecule has 0 aliphatic heterocycles. The van der Waals surface area contributed by atoms with Crippen molar-refractivity contribution in [1.82, 2.24) is 10.6 Å². The summed E-state index contributed by atoms with van der Waals surface area (Å²) in [4.78, 5) is 0. The number of nitrogens with two attached hydrogens (primary N) is 2. The lowest BCUT2D eigenvalue weighted by Crippen LogP contribution is -2.54. The van der Waals surface area contributed by atoms with Gasteiger partial charge in [-0.25, -0.2) is 0 Å². The lowest BCUT2D eigenvalue weighted by atomic mass is 9.46. The first-order valence-corrected chi connectivity index (χ1v) is 32.7. The van der Waals surface area contributed by atoms with Gasteiger partial charge in [0.15, 0.2) is 0 Å². The number of aliphatic hydroxyl groups is 2. The van der Waals surface area contributed by atoms with Crippen molar-refractivity contribution < 1.29 is 24.2 Å². The van der Waals surface area contributed by atoms with Crippen molar-refractivity contribution in [3.05, 3.63) is 23.3 Å². The second-order valence-electron chi connectivity index (χ2n) is 29.7. The molecule has 430 valence electrons. The van der Waals surface area contributed by atoms with E-state index >= 15 is 0 Å². The summed E-state index contributed by atoms with van der Waals surface area (Å²) in [5.41, 5.74) is 17.3. The lowest BCUT2D eigenvalue weighted by Gasteiger charge is -2.59. The molecular weight excluding hydrogens is 927 g/mol. The molecule has 75 heavy (non-hydrogen) atoms. The molecule has 0 aromatic carbocycles. The molecule has 0 heterocycles. The molecule has 0 spiro atoms. The van der Waals surface area contributed by atoms with E-state index < -0.39 is 12.8 Å². The van der Waals surface area contributed by atoms with Crippen LogP contribution in [0.3, 0.4) is 0 Å². The Morgan fingerprint density at radius 2 is 1.20 bits per heavy atom. The molecule has 0 aromatic heterocycles. The van der Waals surface area contributed by atoms with Crippen molar-refractivity contribution in [2.24, 2.45) is 110 Å². The zero-order chi connectivity index (χ0) is 53.3. The zero-order valence-corrected chi connectivity index (χ0v) is 49.9. The van der Waals surface area contributed by atoms with Gasteiger partial charge in [-0.15, -0.1) is 0 Å². The Morgan fingerprint density at radius 1 is 0.627 bits per heavy atom. The van der Waals surface area contributed by atoms with Crippen LogP contribution in [-0.2, 0) is 9.47 Å². The van der Waals surface area contributed by atoms with Crippen molar-refractivity contribution in [1.29, 1.82) is 0 Å². The van der Waals surface area contributed by atoms with Crippen LogP contribution in [0.15, 0.2) is 23.3 Å². The molecule has 0 aromatic rings. The fraction of sp³-hybridized carbons (Fsp3) is 0.939. The first-order chi connectivity index (χ1) is 35.9. The number of nitrogens with zero attached hydrogens (tertiary/aromatic N) is 1. The maximum atomic E-state index is 11.2. The van der Waals surface area contributed by atoms with Crippen molar-refractivity contribution in [2.75, 3.05) is 52.4 Å². The summed E-state index contributed by atoms with van der Waals surface area (Å²) in [6, 6.07) is 0. The van der Waals surface area contributed by atoms with Gasteiger partial charge in [0.25, 0.3) is 0 Å². The predicted octanol–water partition coefficient (Wildman–Crippen LogP) is 12.7. The molecule has 7 saturated carbocycles. The van der Waals surface area contributed by atoms with E-state index in [-0.39, 0.29) is 23.0 Å². The highest BCUT2D eigenvalue weighted by molar-refractivity contribution is 5.27. The summed E-state index contributed by atoms with van der Waals surface area (Å²) in [5.74, 6) is 11.3. The van der Waals surface area contributed by atoms with E-state index in [1.54, 1.807) is 11.1 Å². The van der Waals surface area contributed by atoms with Crippen LogP contribution in [0.2, 0.25) is 0 Å². The number of allylic oxidation sites excluding steroid dienone is 2. The third-order valence-corrected chi connectivity index (χ3v) is 25.6. The van der Waals surface area contributed by atoms with Gasteiger partial charge < -0.3 is 35.6 Å². The molecule has 9 aliphatic rings. The van der Waals surface area contributed by atoms with Gasteiger partial charge >= 0.3 is 0 Å². The summed E-state index contributed by atoms with van der Waals surface area (Å²) in [6.45, 7) is 29.5. The normalized spacial score (nSPS) is 43.1. The van der Waals surface area contributed by atoms with Gasteiger partial charge in [0, 0.05) is 38.9 Å². The number of aliphatic hydroxyl groups excluding tert-OH is 2. The first kappa shape index (κ1) is 58.8. The number of ether oxygens (including phenoxy) is 2. The van der Waals surface area contributed by atoms with Crippen LogP contribution in [0.4, 0.5) is 0 Å². The van der Waals surface area contributed by atoms with Gasteiger partial charge in [-0.1, -0.05) is 118 Å². The van der Waals surface area contributed by atoms with E-state index in [0.29, 0.717) is 37.0 Å². The standard InChI is InChI=1S/C66H118N5O4/c1-10-47-18-17-46(5)60-54(47)43-59-53-22-20-49-42-51(26-30-64(49,7)58(53)28-32-66(59,60)9)75-62(73)70-36-14-39-71(40-34-68,37-12-33-67)38-13-35-69-61(72)74-50-25-29-63(6)48(41-50)19-21-52-56-24-23-55(45(4)16-11-15-44(2)3)65(56,8)31-27-57(52)63/h19-20,44-47,50-62,69-70,72-73H,10-18,21-43,67-68H2,1-9H3/q+1. The van der Waals surface area contributed by atoms with E-state index in [4.69, 9.17) is 20.9 Å². The number of quaternary nitrogens is 1. The summed E-state index contributed by atoms with van der Waals surface area (Å²) in [5, 5.41) is 29.1. The third kappa shape index (κ3) is 11.9. The van der Waals surface area contributed by atoms with Crippen LogP contribution in [0.1, 0.15) is 216 Å². The Labute approximate surface area is 460 Å². The molecule has 0 amide bonds. The summed E-state index contributed by atoms with van der Waals surface area (Å²) < 4.78 is 13.7. The molecule has 0 radical (unpaired) electrons. The van der Waals surface area contributed by atoms with Crippen LogP contribution in [0, 0.1) is 98.6 Å². The minimum atomic E-state index is -0.960. The highest BCUT2D eigenvalue weighted by Gasteiger charge is 2.64. The van der Waals surface area contributed by atoms with Gasteiger partial charge in [-0.05, 0) is 208 Å². The topological polar surface area (TPSA) is 135 Å². The van der Waals surface area contributed by atoms with E-state index in [2.05, 4.69) is 85.1 Å². The second kappa shape index (κ2) is 24.7. The second-order valence-corrected chi connectivity index (χ2v) is 29.7. The van der Waals surface area contributed by atoms with Gasteiger partial charge in [0.1, 0.15) is 0 Å². The monoisotopic (exact) mass is 1040 g/mol. The SMILES string of the molecule is CCC1CCC(C)C2C1CC1C3CC=C4CC(OC(O)NCCC[N+](CCN)(CCCN)CCCNC(O)OC5CCC6(C)C(=CCC7C6CCC6(C)C(C(C)CCCC(C)C)CCC76)C5)CCC4(C)C3CCC12C. The maximum absolute atomic E-state index is 11.2. The van der Waals surface area contributed by atoms with Crippen LogP contribution >= 0.6 is 0 Å². The zero-order valence-electron chi connectivity index (χ0n) is 49.9. The summed E-state index contributed by atoms with van der Waals surface area (Å²) in [6.07, 6.45) is 33.6. The summed E-state index contributed by atoms with van der Waals surface area (Å²) in [7, 11) is 0. The van der Waals surface area contributed by atoms with Gasteiger partial charge in [0.05, 0.1) is 38.4 Å². The smallest absolute Gasteiger partial charge is 0.213 e. The Kier molecular flexibility index (Phi) is 19.3. The molecule has 9 heteroatoms. The minimum absolute atomic E-state index is 0.0569. The molecule has 21 unspecified atom stereocenters. The van der Waals surface area contributed by atoms with E-state index in [0.717, 1.165) is 153 Å². The molecule has 0 saturated heterocycles. The van der Waals surface area contributed by atoms with E-state index in [1.807, 2.05) is 0 Å². The molecule has 9 nitrogen and oxygen atoms in total. The van der Waals surface area contributed by atoms with Crippen LogP contribution < -0.4 is 22.1 Å². The minimum Gasteiger partial charge on any atom is -0.356 e.